The first-order valence-corrected chi connectivity index (χ1v) is 8.88. The Balaban J connectivity index is 2.85. The Kier molecular flexibility index (Phi) is 6.32. The topological polar surface area (TPSA) is 54.0 Å². The molecule has 0 atom stereocenters. The monoisotopic (exact) mass is 430 g/mol. The van der Waals surface area contributed by atoms with Crippen LogP contribution in [0.25, 0.3) is 10.8 Å². The predicted molar refractivity (Wildman–Crippen MR) is 97.1 cm³/mol. The third-order valence-electron chi connectivity index (χ3n) is 3.06. The number of alkyl halides is 1. The minimum atomic E-state index is -0.416. The molecule has 5 nitrogen and oxygen atoms in total. The number of benzene rings is 2. The number of ether oxygens (including phenoxy) is 4. The van der Waals surface area contributed by atoms with Crippen molar-refractivity contribution >= 4 is 39.3 Å². The molecule has 0 radical (unpaired) electrons. The molecule has 0 spiro atoms. The number of rotatable bonds is 7. The maximum Gasteiger partial charge on any atom is 0.308 e. The highest BCUT2D eigenvalue weighted by Gasteiger charge is 2.25. The molecule has 2 aromatic rings. The fourth-order valence-corrected chi connectivity index (χ4v) is 2.64. The van der Waals surface area contributed by atoms with E-state index in [0.29, 0.717) is 40.8 Å². The number of carbonyl (C=O) groups excluding carboxylic acids is 1. The number of esters is 1. The van der Waals surface area contributed by atoms with Crippen molar-refractivity contribution in [3.8, 4) is 23.0 Å². The summed E-state index contributed by atoms with van der Waals surface area (Å²) in [6.07, 6.45) is 0. The third-order valence-corrected chi connectivity index (χ3v) is 3.37. The Morgan fingerprint density at radius 2 is 1.43 bits per heavy atom. The highest BCUT2D eigenvalue weighted by molar-refractivity contribution is 14.1. The van der Waals surface area contributed by atoms with Crippen molar-refractivity contribution in [3.05, 3.63) is 24.3 Å². The van der Waals surface area contributed by atoms with E-state index >= 15 is 0 Å². The normalized spacial score (nSPS) is 10.4. The van der Waals surface area contributed by atoms with Crippen LogP contribution in [0.1, 0.15) is 20.8 Å². The first-order valence-electron chi connectivity index (χ1n) is 7.35. The van der Waals surface area contributed by atoms with Gasteiger partial charge in [-0.25, -0.2) is 0 Å². The Hall–Kier alpha value is -1.70. The van der Waals surface area contributed by atoms with Crippen LogP contribution in [0.15, 0.2) is 24.3 Å². The Labute approximate surface area is 149 Å². The van der Waals surface area contributed by atoms with Gasteiger partial charge in [0.1, 0.15) is 4.61 Å². The minimum absolute atomic E-state index is 0.360. The molecule has 0 N–H and O–H groups in total. The van der Waals surface area contributed by atoms with Gasteiger partial charge in [0.25, 0.3) is 0 Å². The fourth-order valence-electron chi connectivity index (χ4n) is 2.32. The van der Waals surface area contributed by atoms with Gasteiger partial charge in [-0.3, -0.25) is 4.79 Å². The Morgan fingerprint density at radius 3 is 1.91 bits per heavy atom. The van der Waals surface area contributed by atoms with Crippen LogP contribution in [0.2, 0.25) is 0 Å². The van der Waals surface area contributed by atoms with Crippen LogP contribution in [0.4, 0.5) is 0 Å². The summed E-state index contributed by atoms with van der Waals surface area (Å²) in [7, 11) is 0. The van der Waals surface area contributed by atoms with Crippen molar-refractivity contribution < 1.29 is 23.7 Å². The van der Waals surface area contributed by atoms with E-state index in [-0.39, 0.29) is 0 Å². The van der Waals surface area contributed by atoms with Crippen LogP contribution in [0, 0.1) is 0 Å². The molecule has 0 saturated heterocycles. The summed E-state index contributed by atoms with van der Waals surface area (Å²) >= 11 is 2.13. The van der Waals surface area contributed by atoms with Gasteiger partial charge in [0, 0.05) is 17.7 Å². The summed E-state index contributed by atoms with van der Waals surface area (Å²) < 4.78 is 23.2. The summed E-state index contributed by atoms with van der Waals surface area (Å²) in [5.74, 6) is 1.39. The molecule has 0 aliphatic carbocycles. The number of hydrogen-bond acceptors (Lipinski definition) is 5. The van der Waals surface area contributed by atoms with Gasteiger partial charge in [-0.05, 0) is 36.4 Å². The van der Waals surface area contributed by atoms with E-state index in [2.05, 4.69) is 22.6 Å². The zero-order chi connectivity index (χ0) is 16.8. The largest absolute Gasteiger partial charge is 0.487 e. The molecule has 0 unspecified atom stereocenters. The number of fused-ring (bicyclic) bond motifs is 1. The van der Waals surface area contributed by atoms with Gasteiger partial charge in [-0.1, -0.05) is 24.3 Å². The van der Waals surface area contributed by atoms with E-state index in [1.165, 1.54) is 6.92 Å². The first-order chi connectivity index (χ1) is 11.1. The molecule has 2 aromatic carbocycles. The Morgan fingerprint density at radius 1 is 0.913 bits per heavy atom. The molecule has 23 heavy (non-hydrogen) atoms. The van der Waals surface area contributed by atoms with Crippen LogP contribution in [-0.2, 0) is 4.79 Å². The van der Waals surface area contributed by atoms with Gasteiger partial charge < -0.3 is 18.9 Å². The summed E-state index contributed by atoms with van der Waals surface area (Å²) in [6.45, 7) is 5.96. The molecule has 0 fully saturated rings. The molecule has 2 rings (SSSR count). The molecule has 0 aliphatic heterocycles. The number of hydrogen-bond donors (Lipinski definition) is 0. The van der Waals surface area contributed by atoms with Crippen molar-refractivity contribution in [1.29, 1.82) is 0 Å². The van der Waals surface area contributed by atoms with Crippen molar-refractivity contribution in [2.75, 3.05) is 17.8 Å². The maximum absolute atomic E-state index is 11.5. The lowest BCUT2D eigenvalue weighted by Gasteiger charge is -2.20. The summed E-state index contributed by atoms with van der Waals surface area (Å²) in [4.78, 5) is 11.5. The summed E-state index contributed by atoms with van der Waals surface area (Å²) in [6, 6.07) is 7.55. The molecule has 6 heteroatoms. The molecular formula is C17H19IO5. The van der Waals surface area contributed by atoms with E-state index in [1.54, 1.807) is 0 Å². The molecule has 0 heterocycles. The average molecular weight is 430 g/mol. The summed E-state index contributed by atoms with van der Waals surface area (Å²) in [5.41, 5.74) is 0. The number of carbonyl (C=O) groups is 1. The Bertz CT molecular complexity index is 699. The molecule has 0 bridgehead atoms. The average Bonchev–Trinajstić information content (AvgIpc) is 2.53. The van der Waals surface area contributed by atoms with Crippen LogP contribution in [-0.4, -0.2) is 23.8 Å². The van der Waals surface area contributed by atoms with Crippen molar-refractivity contribution in [2.45, 2.75) is 20.8 Å². The molecule has 0 saturated carbocycles. The second-order valence-electron chi connectivity index (χ2n) is 4.58. The quantitative estimate of drug-likeness (QED) is 0.283. The maximum atomic E-state index is 11.5. The van der Waals surface area contributed by atoms with Gasteiger partial charge in [-0.15, -0.1) is 0 Å². The van der Waals surface area contributed by atoms with Crippen molar-refractivity contribution in [3.63, 3.8) is 0 Å². The van der Waals surface area contributed by atoms with E-state index < -0.39 is 5.97 Å². The SMILES string of the molecule is CCOc1c(OCC)c(OC(C)=O)c2ccccc2c1OCI. The van der Waals surface area contributed by atoms with Gasteiger partial charge in [0.15, 0.2) is 11.5 Å². The van der Waals surface area contributed by atoms with Gasteiger partial charge in [0.2, 0.25) is 11.5 Å². The van der Waals surface area contributed by atoms with Crippen LogP contribution >= 0.6 is 22.6 Å². The minimum Gasteiger partial charge on any atom is -0.487 e. The lowest BCUT2D eigenvalue weighted by Crippen LogP contribution is -2.08. The molecule has 0 aliphatic rings. The molecular weight excluding hydrogens is 411 g/mol. The van der Waals surface area contributed by atoms with E-state index in [9.17, 15) is 4.79 Å². The van der Waals surface area contributed by atoms with Crippen molar-refractivity contribution in [2.24, 2.45) is 0 Å². The standard InChI is InChI=1S/C17H19IO5/c1-4-20-16-14(22-10-18)12-8-6-7-9-13(12)15(23-11(3)19)17(16)21-5-2/h6-9H,4-5,10H2,1-3H3. The van der Waals surface area contributed by atoms with Gasteiger partial charge in [0.05, 0.1) is 13.2 Å². The van der Waals surface area contributed by atoms with Gasteiger partial charge >= 0.3 is 5.97 Å². The lowest BCUT2D eigenvalue weighted by atomic mass is 10.1. The predicted octanol–water partition coefficient (Wildman–Crippen LogP) is 4.33. The van der Waals surface area contributed by atoms with Crippen LogP contribution in [0.5, 0.6) is 23.0 Å². The third kappa shape index (κ3) is 3.80. The molecule has 0 aromatic heterocycles. The zero-order valence-electron chi connectivity index (χ0n) is 13.3. The number of halogens is 1. The summed E-state index contributed by atoms with van der Waals surface area (Å²) in [5, 5.41) is 1.56. The second-order valence-corrected chi connectivity index (χ2v) is 5.20. The first kappa shape index (κ1) is 17.7. The van der Waals surface area contributed by atoms with Crippen molar-refractivity contribution in [1.82, 2.24) is 0 Å². The van der Waals surface area contributed by atoms with Crippen LogP contribution < -0.4 is 18.9 Å². The highest BCUT2D eigenvalue weighted by Crippen LogP contribution is 2.51. The van der Waals surface area contributed by atoms with E-state index in [4.69, 9.17) is 18.9 Å². The smallest absolute Gasteiger partial charge is 0.308 e. The highest BCUT2D eigenvalue weighted by atomic mass is 127. The zero-order valence-corrected chi connectivity index (χ0v) is 15.5. The van der Waals surface area contributed by atoms with Crippen LogP contribution in [0.3, 0.4) is 0 Å². The van der Waals surface area contributed by atoms with E-state index in [0.717, 1.165) is 10.8 Å². The molecule has 124 valence electrons. The second kappa shape index (κ2) is 8.24. The molecule has 0 amide bonds. The lowest BCUT2D eigenvalue weighted by molar-refractivity contribution is -0.131. The van der Waals surface area contributed by atoms with E-state index in [1.807, 2.05) is 38.1 Å². The fraction of sp³-hybridized carbons (Fsp3) is 0.353. The van der Waals surface area contributed by atoms with Gasteiger partial charge in [-0.2, -0.15) is 0 Å².